The maximum absolute atomic E-state index is 11.9. The lowest BCUT2D eigenvalue weighted by molar-refractivity contribution is 0.208. The quantitative estimate of drug-likeness (QED) is 0.711. The lowest BCUT2D eigenvalue weighted by Gasteiger charge is -2.10. The van der Waals surface area contributed by atoms with Crippen LogP contribution in [-0.2, 0) is 6.54 Å². The van der Waals surface area contributed by atoms with E-state index in [2.05, 4.69) is 20.3 Å². The van der Waals surface area contributed by atoms with Crippen LogP contribution in [0.3, 0.4) is 0 Å². The molecule has 1 unspecified atom stereocenters. The van der Waals surface area contributed by atoms with Crippen LogP contribution in [0.25, 0.3) is 11.2 Å². The van der Waals surface area contributed by atoms with Gasteiger partial charge in [-0.2, -0.15) is 4.98 Å². The summed E-state index contributed by atoms with van der Waals surface area (Å²) in [5.74, 6) is 0.431. The predicted molar refractivity (Wildman–Crippen MR) is 68.6 cm³/mol. The van der Waals surface area contributed by atoms with Gasteiger partial charge in [0.25, 0.3) is 0 Å². The Balaban J connectivity index is 2.46. The molecule has 1 atom stereocenters. The summed E-state index contributed by atoms with van der Waals surface area (Å²) in [6.07, 6.45) is 1.86. The minimum Gasteiger partial charge on any atom is -0.392 e. The number of hydrogen-bond acceptors (Lipinski definition) is 5. The van der Waals surface area contributed by atoms with E-state index in [0.717, 1.165) is 6.42 Å². The zero-order chi connectivity index (χ0) is 13.1. The van der Waals surface area contributed by atoms with Crippen LogP contribution in [0.1, 0.15) is 20.3 Å². The third kappa shape index (κ3) is 2.35. The van der Waals surface area contributed by atoms with Crippen molar-refractivity contribution in [3.63, 3.8) is 0 Å². The SMILES string of the molecule is CCCn1c(=O)nc(NCC(C)O)c2[nH]cnc21. The van der Waals surface area contributed by atoms with E-state index in [0.29, 0.717) is 30.1 Å². The lowest BCUT2D eigenvalue weighted by atomic mass is 10.4. The van der Waals surface area contributed by atoms with Crippen molar-refractivity contribution in [3.05, 3.63) is 16.8 Å². The van der Waals surface area contributed by atoms with Gasteiger partial charge in [0.1, 0.15) is 5.52 Å². The standard InChI is InChI=1S/C11H17N5O2/c1-3-4-16-10-8(13-6-14-10)9(15-11(16)18)12-5-7(2)17/h6-7,17H,3-5H2,1-2H3,(H,13,14)(H,12,15,18). The molecule has 98 valence electrons. The Morgan fingerprint density at radius 3 is 3.06 bits per heavy atom. The van der Waals surface area contributed by atoms with Gasteiger partial charge in [0.05, 0.1) is 12.4 Å². The zero-order valence-electron chi connectivity index (χ0n) is 10.5. The molecule has 2 rings (SSSR count). The molecular formula is C11H17N5O2. The summed E-state index contributed by atoms with van der Waals surface area (Å²) in [6.45, 7) is 4.57. The molecule has 0 aliphatic rings. The number of anilines is 1. The Kier molecular flexibility index (Phi) is 3.61. The molecule has 2 aromatic heterocycles. The maximum Gasteiger partial charge on any atom is 0.351 e. The second-order valence-corrected chi connectivity index (χ2v) is 4.23. The molecule has 0 aliphatic heterocycles. The number of H-pyrrole nitrogens is 1. The average molecular weight is 251 g/mol. The molecule has 3 N–H and O–H groups in total. The molecule has 0 radical (unpaired) electrons. The molecule has 0 aromatic carbocycles. The van der Waals surface area contributed by atoms with Gasteiger partial charge in [0.15, 0.2) is 11.5 Å². The number of aromatic amines is 1. The van der Waals surface area contributed by atoms with Gasteiger partial charge in [0.2, 0.25) is 0 Å². The minimum absolute atomic E-state index is 0.329. The first kappa shape index (κ1) is 12.6. The van der Waals surface area contributed by atoms with E-state index in [1.807, 2.05) is 6.92 Å². The largest absolute Gasteiger partial charge is 0.392 e. The summed E-state index contributed by atoms with van der Waals surface area (Å²) in [7, 11) is 0. The molecule has 18 heavy (non-hydrogen) atoms. The summed E-state index contributed by atoms with van der Waals surface area (Å²) >= 11 is 0. The van der Waals surface area contributed by atoms with Crippen LogP contribution in [0.15, 0.2) is 11.1 Å². The molecule has 0 bridgehead atoms. The number of nitrogens with one attached hydrogen (secondary N) is 2. The summed E-state index contributed by atoms with van der Waals surface area (Å²) in [5, 5.41) is 12.2. The molecule has 2 heterocycles. The number of aromatic nitrogens is 4. The normalized spacial score (nSPS) is 12.8. The van der Waals surface area contributed by atoms with Crippen molar-refractivity contribution in [2.45, 2.75) is 32.9 Å². The molecule has 0 saturated carbocycles. The fourth-order valence-corrected chi connectivity index (χ4v) is 1.77. The first-order valence-corrected chi connectivity index (χ1v) is 5.99. The van der Waals surface area contributed by atoms with Gasteiger partial charge in [0, 0.05) is 13.1 Å². The Morgan fingerprint density at radius 1 is 1.61 bits per heavy atom. The highest BCUT2D eigenvalue weighted by Crippen LogP contribution is 2.15. The van der Waals surface area contributed by atoms with Crippen LogP contribution >= 0.6 is 0 Å². The monoisotopic (exact) mass is 251 g/mol. The van der Waals surface area contributed by atoms with Crippen LogP contribution in [0.4, 0.5) is 5.82 Å². The van der Waals surface area contributed by atoms with E-state index in [9.17, 15) is 9.90 Å². The number of aliphatic hydroxyl groups excluding tert-OH is 1. The van der Waals surface area contributed by atoms with Gasteiger partial charge >= 0.3 is 5.69 Å². The fraction of sp³-hybridized carbons (Fsp3) is 0.545. The molecule has 7 heteroatoms. The van der Waals surface area contributed by atoms with Crippen LogP contribution in [0.2, 0.25) is 0 Å². The van der Waals surface area contributed by atoms with Gasteiger partial charge in [-0.15, -0.1) is 0 Å². The molecule has 2 aromatic rings. The summed E-state index contributed by atoms with van der Waals surface area (Å²) in [6, 6.07) is 0. The number of fused-ring (bicyclic) bond motifs is 1. The number of aryl methyl sites for hydroxylation is 1. The second kappa shape index (κ2) is 5.18. The predicted octanol–water partition coefficient (Wildman–Crippen LogP) is 0.322. The number of nitrogens with zero attached hydrogens (tertiary/aromatic N) is 3. The highest BCUT2D eigenvalue weighted by atomic mass is 16.3. The van der Waals surface area contributed by atoms with E-state index < -0.39 is 6.10 Å². The molecule has 7 nitrogen and oxygen atoms in total. The number of aliphatic hydroxyl groups is 1. The lowest BCUT2D eigenvalue weighted by Crippen LogP contribution is -2.26. The van der Waals surface area contributed by atoms with E-state index in [1.165, 1.54) is 6.33 Å². The number of rotatable bonds is 5. The highest BCUT2D eigenvalue weighted by Gasteiger charge is 2.12. The highest BCUT2D eigenvalue weighted by molar-refractivity contribution is 5.82. The Hall–Kier alpha value is -1.89. The third-order valence-corrected chi connectivity index (χ3v) is 2.56. The molecule has 0 fully saturated rings. The van der Waals surface area contributed by atoms with E-state index in [-0.39, 0.29) is 5.69 Å². The van der Waals surface area contributed by atoms with Crippen molar-refractivity contribution in [1.29, 1.82) is 0 Å². The van der Waals surface area contributed by atoms with Crippen molar-refractivity contribution in [2.75, 3.05) is 11.9 Å². The van der Waals surface area contributed by atoms with Crippen LogP contribution in [-0.4, -0.2) is 37.3 Å². The van der Waals surface area contributed by atoms with Gasteiger partial charge in [-0.3, -0.25) is 4.57 Å². The van der Waals surface area contributed by atoms with E-state index >= 15 is 0 Å². The Morgan fingerprint density at radius 2 is 2.39 bits per heavy atom. The van der Waals surface area contributed by atoms with Crippen molar-refractivity contribution in [1.82, 2.24) is 19.5 Å². The second-order valence-electron chi connectivity index (χ2n) is 4.23. The van der Waals surface area contributed by atoms with Crippen molar-refractivity contribution in [3.8, 4) is 0 Å². The van der Waals surface area contributed by atoms with Crippen LogP contribution in [0.5, 0.6) is 0 Å². The topological polar surface area (TPSA) is 95.8 Å². The fourth-order valence-electron chi connectivity index (χ4n) is 1.77. The Bertz CT molecular complexity index is 587. The summed E-state index contributed by atoms with van der Waals surface area (Å²) in [4.78, 5) is 23.0. The van der Waals surface area contributed by atoms with Crippen LogP contribution < -0.4 is 11.0 Å². The minimum atomic E-state index is -0.511. The maximum atomic E-state index is 11.9. The van der Waals surface area contributed by atoms with Crippen molar-refractivity contribution in [2.24, 2.45) is 0 Å². The molecule has 0 saturated heterocycles. The molecule has 0 spiro atoms. The number of hydrogen-bond donors (Lipinski definition) is 3. The first-order valence-electron chi connectivity index (χ1n) is 5.99. The number of imidazole rings is 1. The molecular weight excluding hydrogens is 234 g/mol. The third-order valence-electron chi connectivity index (χ3n) is 2.56. The average Bonchev–Trinajstić information content (AvgIpc) is 2.79. The van der Waals surface area contributed by atoms with E-state index in [4.69, 9.17) is 0 Å². The Labute approximate surface area is 104 Å². The van der Waals surface area contributed by atoms with Crippen molar-refractivity contribution < 1.29 is 5.11 Å². The smallest absolute Gasteiger partial charge is 0.351 e. The first-order chi connectivity index (χ1) is 8.63. The van der Waals surface area contributed by atoms with Gasteiger partial charge in [-0.05, 0) is 13.3 Å². The van der Waals surface area contributed by atoms with Crippen LogP contribution in [0, 0.1) is 0 Å². The van der Waals surface area contributed by atoms with Crippen molar-refractivity contribution >= 4 is 17.0 Å². The molecule has 0 amide bonds. The zero-order valence-corrected chi connectivity index (χ0v) is 10.5. The summed E-state index contributed by atoms with van der Waals surface area (Å²) < 4.78 is 1.54. The summed E-state index contributed by atoms with van der Waals surface area (Å²) in [5.41, 5.74) is 0.943. The van der Waals surface area contributed by atoms with Gasteiger partial charge in [-0.1, -0.05) is 6.92 Å². The van der Waals surface area contributed by atoms with E-state index in [1.54, 1.807) is 11.5 Å². The van der Waals surface area contributed by atoms with Gasteiger partial charge < -0.3 is 15.4 Å². The molecule has 0 aliphatic carbocycles. The van der Waals surface area contributed by atoms with Gasteiger partial charge in [-0.25, -0.2) is 9.78 Å².